The van der Waals surface area contributed by atoms with Crippen molar-refractivity contribution >= 4 is 5.97 Å². The largest absolute Gasteiger partial charge is 0.493 e. The van der Waals surface area contributed by atoms with E-state index < -0.39 is 0 Å². The molecule has 1 heterocycles. The fourth-order valence-electron chi connectivity index (χ4n) is 2.60. The topological polar surface area (TPSA) is 61.5 Å². The Morgan fingerprint density at radius 2 is 2.35 bits per heavy atom. The molecule has 1 fully saturated rings. The van der Waals surface area contributed by atoms with Crippen LogP contribution in [0.3, 0.4) is 0 Å². The molecule has 0 saturated heterocycles. The van der Waals surface area contributed by atoms with Crippen molar-refractivity contribution in [3.63, 3.8) is 0 Å². The van der Waals surface area contributed by atoms with Crippen LogP contribution in [0.4, 0.5) is 0 Å². The van der Waals surface area contributed by atoms with Crippen molar-refractivity contribution in [2.24, 2.45) is 11.7 Å². The number of ether oxygens (including phenoxy) is 2. The number of carbonyl (C=O) groups excluding carboxylic acids is 1. The van der Waals surface area contributed by atoms with Gasteiger partial charge in [0.15, 0.2) is 0 Å². The third kappa shape index (κ3) is 3.00. The fourth-order valence-corrected chi connectivity index (χ4v) is 2.60. The van der Waals surface area contributed by atoms with E-state index in [4.69, 9.17) is 15.2 Å². The maximum Gasteiger partial charge on any atom is 0.307 e. The third-order valence-electron chi connectivity index (χ3n) is 3.48. The SMILES string of the molecule is CCOC(=O)CC(N)C1=CC2CCCCC2O1. The van der Waals surface area contributed by atoms with Crippen LogP contribution in [0.15, 0.2) is 11.8 Å². The molecule has 0 amide bonds. The van der Waals surface area contributed by atoms with Crippen molar-refractivity contribution in [2.45, 2.75) is 51.2 Å². The van der Waals surface area contributed by atoms with E-state index in [1.807, 2.05) is 0 Å². The summed E-state index contributed by atoms with van der Waals surface area (Å²) >= 11 is 0. The van der Waals surface area contributed by atoms with Gasteiger partial charge in [-0.3, -0.25) is 4.79 Å². The van der Waals surface area contributed by atoms with Gasteiger partial charge in [-0.05, 0) is 32.3 Å². The minimum atomic E-state index is -0.348. The Hall–Kier alpha value is -1.03. The first-order valence-electron chi connectivity index (χ1n) is 6.50. The summed E-state index contributed by atoms with van der Waals surface area (Å²) in [5.41, 5.74) is 5.97. The molecule has 3 atom stereocenters. The van der Waals surface area contributed by atoms with Gasteiger partial charge in [0, 0.05) is 5.92 Å². The Labute approximate surface area is 102 Å². The van der Waals surface area contributed by atoms with Crippen LogP contribution in [-0.4, -0.2) is 24.7 Å². The molecule has 1 saturated carbocycles. The van der Waals surface area contributed by atoms with E-state index in [1.165, 1.54) is 19.3 Å². The first kappa shape index (κ1) is 12.4. The molecule has 0 aromatic heterocycles. The summed E-state index contributed by atoms with van der Waals surface area (Å²) in [5.74, 6) is 1.04. The number of hydrogen-bond acceptors (Lipinski definition) is 4. The van der Waals surface area contributed by atoms with Crippen molar-refractivity contribution in [1.82, 2.24) is 0 Å². The minimum absolute atomic E-state index is 0.207. The van der Waals surface area contributed by atoms with Crippen molar-refractivity contribution in [3.8, 4) is 0 Å². The van der Waals surface area contributed by atoms with Crippen LogP contribution in [0.1, 0.15) is 39.0 Å². The van der Waals surface area contributed by atoms with Crippen LogP contribution in [0.2, 0.25) is 0 Å². The van der Waals surface area contributed by atoms with Gasteiger partial charge in [0.25, 0.3) is 0 Å². The Kier molecular flexibility index (Phi) is 4.05. The monoisotopic (exact) mass is 239 g/mol. The average Bonchev–Trinajstić information content (AvgIpc) is 2.72. The van der Waals surface area contributed by atoms with Crippen LogP contribution in [0.25, 0.3) is 0 Å². The van der Waals surface area contributed by atoms with Gasteiger partial charge in [0.2, 0.25) is 0 Å². The van der Waals surface area contributed by atoms with Gasteiger partial charge in [-0.2, -0.15) is 0 Å². The van der Waals surface area contributed by atoms with Crippen LogP contribution in [0, 0.1) is 5.92 Å². The second kappa shape index (κ2) is 5.54. The molecule has 96 valence electrons. The molecule has 2 rings (SSSR count). The molecule has 0 aromatic carbocycles. The van der Waals surface area contributed by atoms with Crippen LogP contribution in [-0.2, 0) is 14.3 Å². The van der Waals surface area contributed by atoms with E-state index in [2.05, 4.69) is 6.08 Å². The quantitative estimate of drug-likeness (QED) is 0.759. The summed E-state index contributed by atoms with van der Waals surface area (Å²) in [4.78, 5) is 11.3. The standard InChI is InChI=1S/C13H21NO3/c1-2-16-13(15)8-10(14)12-7-9-5-3-4-6-11(9)17-12/h7,9-11H,2-6,8,14H2,1H3. The van der Waals surface area contributed by atoms with Gasteiger partial charge in [0.05, 0.1) is 19.1 Å². The van der Waals surface area contributed by atoms with Crippen molar-refractivity contribution in [2.75, 3.05) is 6.61 Å². The highest BCUT2D eigenvalue weighted by Gasteiger charge is 2.33. The predicted octanol–water partition coefficient (Wildman–Crippen LogP) is 1.74. The van der Waals surface area contributed by atoms with Crippen molar-refractivity contribution < 1.29 is 14.3 Å². The Bertz CT molecular complexity index is 314. The molecule has 1 aliphatic carbocycles. The zero-order chi connectivity index (χ0) is 12.3. The summed E-state index contributed by atoms with van der Waals surface area (Å²) in [6.07, 6.45) is 7.41. The molecule has 3 unspecified atom stereocenters. The Morgan fingerprint density at radius 1 is 1.59 bits per heavy atom. The third-order valence-corrected chi connectivity index (χ3v) is 3.48. The van der Waals surface area contributed by atoms with Gasteiger partial charge in [-0.25, -0.2) is 0 Å². The number of carbonyl (C=O) groups is 1. The Balaban J connectivity index is 1.87. The summed E-state index contributed by atoms with van der Waals surface area (Å²) in [6.45, 7) is 2.19. The lowest BCUT2D eigenvalue weighted by Crippen LogP contribution is -2.28. The van der Waals surface area contributed by atoms with E-state index in [-0.39, 0.29) is 18.4 Å². The zero-order valence-electron chi connectivity index (χ0n) is 10.4. The van der Waals surface area contributed by atoms with Crippen LogP contribution >= 0.6 is 0 Å². The molecule has 0 aromatic rings. The first-order chi connectivity index (χ1) is 8.20. The summed E-state index contributed by atoms with van der Waals surface area (Å²) in [7, 11) is 0. The van der Waals surface area contributed by atoms with Crippen molar-refractivity contribution in [3.05, 3.63) is 11.8 Å². The molecule has 2 N–H and O–H groups in total. The number of fused-ring (bicyclic) bond motifs is 1. The lowest BCUT2D eigenvalue weighted by molar-refractivity contribution is -0.143. The van der Waals surface area contributed by atoms with E-state index in [0.717, 1.165) is 12.2 Å². The van der Waals surface area contributed by atoms with Crippen molar-refractivity contribution in [1.29, 1.82) is 0 Å². The highest BCUT2D eigenvalue weighted by atomic mass is 16.5. The maximum atomic E-state index is 11.3. The minimum Gasteiger partial charge on any atom is -0.493 e. The number of hydrogen-bond donors (Lipinski definition) is 1. The highest BCUT2D eigenvalue weighted by Crippen LogP contribution is 2.36. The van der Waals surface area contributed by atoms with E-state index in [0.29, 0.717) is 18.6 Å². The van der Waals surface area contributed by atoms with Gasteiger partial charge in [-0.1, -0.05) is 6.42 Å². The number of rotatable bonds is 4. The highest BCUT2D eigenvalue weighted by molar-refractivity contribution is 5.70. The maximum absolute atomic E-state index is 11.3. The molecule has 4 heteroatoms. The van der Waals surface area contributed by atoms with E-state index in [9.17, 15) is 4.79 Å². The normalized spacial score (nSPS) is 28.9. The van der Waals surface area contributed by atoms with Gasteiger partial charge < -0.3 is 15.2 Å². The molecular weight excluding hydrogens is 218 g/mol. The molecular formula is C13H21NO3. The summed E-state index contributed by atoms with van der Waals surface area (Å²) in [5, 5.41) is 0. The number of nitrogens with two attached hydrogens (primary N) is 1. The molecule has 17 heavy (non-hydrogen) atoms. The summed E-state index contributed by atoms with van der Waals surface area (Å²) < 4.78 is 10.7. The van der Waals surface area contributed by atoms with Crippen LogP contribution in [0.5, 0.6) is 0 Å². The molecule has 0 spiro atoms. The fraction of sp³-hybridized carbons (Fsp3) is 0.769. The van der Waals surface area contributed by atoms with Gasteiger partial charge in [-0.15, -0.1) is 0 Å². The van der Waals surface area contributed by atoms with Gasteiger partial charge >= 0.3 is 5.97 Å². The molecule has 2 aliphatic rings. The zero-order valence-corrected chi connectivity index (χ0v) is 10.4. The second-order valence-corrected chi connectivity index (χ2v) is 4.79. The molecule has 4 nitrogen and oxygen atoms in total. The second-order valence-electron chi connectivity index (χ2n) is 4.79. The Morgan fingerprint density at radius 3 is 3.06 bits per heavy atom. The number of esters is 1. The van der Waals surface area contributed by atoms with E-state index >= 15 is 0 Å². The van der Waals surface area contributed by atoms with Crippen LogP contribution < -0.4 is 5.73 Å². The molecule has 1 aliphatic heterocycles. The summed E-state index contributed by atoms with van der Waals surface area (Å²) in [6, 6.07) is -0.348. The average molecular weight is 239 g/mol. The first-order valence-corrected chi connectivity index (χ1v) is 6.50. The smallest absolute Gasteiger partial charge is 0.307 e. The predicted molar refractivity (Wildman–Crippen MR) is 64.1 cm³/mol. The van der Waals surface area contributed by atoms with Gasteiger partial charge in [0.1, 0.15) is 11.9 Å². The lowest BCUT2D eigenvalue weighted by Gasteiger charge is -2.24. The molecule has 0 bridgehead atoms. The van der Waals surface area contributed by atoms with E-state index in [1.54, 1.807) is 6.92 Å². The lowest BCUT2D eigenvalue weighted by atomic mass is 9.87. The molecule has 0 radical (unpaired) electrons.